The van der Waals surface area contributed by atoms with E-state index in [-0.39, 0.29) is 11.6 Å². The Bertz CT molecular complexity index is 952. The number of nitrogens with one attached hydrogen (secondary N) is 1. The number of nitrogens with zero attached hydrogens (tertiary/aromatic N) is 5. The fraction of sp³-hybridized carbons (Fsp3) is 0.381. The SMILES string of the molecule is CC1(C)CN(C(=O)NCc2nnc3ccccn23)CCN1Cc1ccccc1. The Balaban J connectivity index is 1.36. The van der Waals surface area contributed by atoms with Gasteiger partial charge < -0.3 is 10.2 Å². The lowest BCUT2D eigenvalue weighted by atomic mass is 9.98. The van der Waals surface area contributed by atoms with Gasteiger partial charge in [-0.2, -0.15) is 0 Å². The number of benzene rings is 1. The Morgan fingerprint density at radius 1 is 1.07 bits per heavy atom. The summed E-state index contributed by atoms with van der Waals surface area (Å²) in [5.41, 5.74) is 1.99. The van der Waals surface area contributed by atoms with E-state index in [0.717, 1.165) is 24.6 Å². The van der Waals surface area contributed by atoms with Gasteiger partial charge in [0.05, 0.1) is 6.54 Å². The van der Waals surface area contributed by atoms with Gasteiger partial charge in [0.15, 0.2) is 11.5 Å². The Morgan fingerprint density at radius 3 is 2.64 bits per heavy atom. The second-order valence-electron chi connectivity index (χ2n) is 7.84. The maximum absolute atomic E-state index is 12.7. The second kappa shape index (κ2) is 7.59. The summed E-state index contributed by atoms with van der Waals surface area (Å²) in [6, 6.07) is 16.2. The van der Waals surface area contributed by atoms with Crippen molar-refractivity contribution in [1.29, 1.82) is 0 Å². The largest absolute Gasteiger partial charge is 0.331 e. The number of aromatic nitrogens is 3. The van der Waals surface area contributed by atoms with Gasteiger partial charge in [-0.25, -0.2) is 4.79 Å². The zero-order valence-electron chi connectivity index (χ0n) is 16.4. The number of hydrogen-bond donors (Lipinski definition) is 1. The Labute approximate surface area is 165 Å². The summed E-state index contributed by atoms with van der Waals surface area (Å²) in [5, 5.41) is 11.3. The van der Waals surface area contributed by atoms with Crippen molar-refractivity contribution in [3.05, 3.63) is 66.1 Å². The molecule has 146 valence electrons. The second-order valence-corrected chi connectivity index (χ2v) is 7.84. The molecule has 28 heavy (non-hydrogen) atoms. The van der Waals surface area contributed by atoms with Crippen molar-refractivity contribution in [2.24, 2.45) is 0 Å². The molecule has 0 saturated carbocycles. The molecule has 0 spiro atoms. The molecule has 3 heterocycles. The minimum absolute atomic E-state index is 0.0554. The normalized spacial score (nSPS) is 17.0. The molecule has 7 nitrogen and oxygen atoms in total. The molecule has 0 atom stereocenters. The van der Waals surface area contributed by atoms with Crippen LogP contribution < -0.4 is 5.32 Å². The molecular formula is C21H26N6O. The first-order valence-electron chi connectivity index (χ1n) is 9.63. The van der Waals surface area contributed by atoms with Crippen LogP contribution in [0.2, 0.25) is 0 Å². The average Bonchev–Trinajstić information content (AvgIpc) is 3.11. The maximum Gasteiger partial charge on any atom is 0.317 e. The van der Waals surface area contributed by atoms with Crippen LogP contribution >= 0.6 is 0 Å². The molecule has 7 heteroatoms. The number of carbonyl (C=O) groups excluding carboxylic acids is 1. The van der Waals surface area contributed by atoms with E-state index in [0.29, 0.717) is 19.6 Å². The monoisotopic (exact) mass is 378 g/mol. The summed E-state index contributed by atoms with van der Waals surface area (Å²) < 4.78 is 1.89. The van der Waals surface area contributed by atoms with E-state index in [4.69, 9.17) is 0 Å². The fourth-order valence-corrected chi connectivity index (χ4v) is 3.74. The number of urea groups is 1. The molecule has 0 bridgehead atoms. The average molecular weight is 378 g/mol. The molecule has 1 fully saturated rings. The van der Waals surface area contributed by atoms with Crippen LogP contribution in [-0.4, -0.2) is 55.6 Å². The molecule has 2 aromatic heterocycles. The lowest BCUT2D eigenvalue weighted by Crippen LogP contribution is -2.61. The van der Waals surface area contributed by atoms with Crippen molar-refractivity contribution < 1.29 is 4.79 Å². The van der Waals surface area contributed by atoms with E-state index in [9.17, 15) is 4.79 Å². The van der Waals surface area contributed by atoms with Gasteiger partial charge in [0.2, 0.25) is 0 Å². The van der Waals surface area contributed by atoms with Crippen molar-refractivity contribution in [2.45, 2.75) is 32.5 Å². The highest BCUT2D eigenvalue weighted by Crippen LogP contribution is 2.23. The van der Waals surface area contributed by atoms with E-state index < -0.39 is 0 Å². The molecule has 1 N–H and O–H groups in total. The van der Waals surface area contributed by atoms with Crippen LogP contribution in [0.3, 0.4) is 0 Å². The molecule has 4 rings (SSSR count). The smallest absolute Gasteiger partial charge is 0.317 e. The molecule has 2 amide bonds. The van der Waals surface area contributed by atoms with E-state index in [1.165, 1.54) is 5.56 Å². The quantitative estimate of drug-likeness (QED) is 0.758. The molecule has 0 radical (unpaired) electrons. The highest BCUT2D eigenvalue weighted by molar-refractivity contribution is 5.74. The van der Waals surface area contributed by atoms with Crippen LogP contribution in [0.1, 0.15) is 25.2 Å². The summed E-state index contributed by atoms with van der Waals surface area (Å²) in [7, 11) is 0. The highest BCUT2D eigenvalue weighted by atomic mass is 16.2. The van der Waals surface area contributed by atoms with E-state index >= 15 is 0 Å². The van der Waals surface area contributed by atoms with E-state index in [1.54, 1.807) is 0 Å². The molecule has 0 aliphatic carbocycles. The van der Waals surface area contributed by atoms with Crippen molar-refractivity contribution in [3.63, 3.8) is 0 Å². The topological polar surface area (TPSA) is 65.8 Å². The van der Waals surface area contributed by atoms with Crippen molar-refractivity contribution >= 4 is 11.7 Å². The van der Waals surface area contributed by atoms with Gasteiger partial charge >= 0.3 is 6.03 Å². The lowest BCUT2D eigenvalue weighted by Gasteiger charge is -2.47. The minimum Gasteiger partial charge on any atom is -0.331 e. The van der Waals surface area contributed by atoms with Crippen LogP contribution in [0, 0.1) is 0 Å². The number of rotatable bonds is 4. The van der Waals surface area contributed by atoms with Crippen LogP contribution in [0.15, 0.2) is 54.7 Å². The highest BCUT2D eigenvalue weighted by Gasteiger charge is 2.35. The zero-order chi connectivity index (χ0) is 19.6. The summed E-state index contributed by atoms with van der Waals surface area (Å²) in [6.45, 7) is 7.89. The van der Waals surface area contributed by atoms with Gasteiger partial charge in [-0.1, -0.05) is 36.4 Å². The standard InChI is InChI=1S/C21H26N6O/c1-21(2)16-25(12-13-26(21)15-17-8-4-3-5-9-17)20(28)22-14-19-24-23-18-10-6-7-11-27(18)19/h3-11H,12-16H2,1-2H3,(H,22,28). The number of hydrogen-bond acceptors (Lipinski definition) is 4. The molecule has 1 aliphatic heterocycles. The summed E-state index contributed by atoms with van der Waals surface area (Å²) >= 11 is 0. The van der Waals surface area contributed by atoms with Crippen molar-refractivity contribution in [2.75, 3.05) is 19.6 Å². The Kier molecular flexibility index (Phi) is 5.00. The molecule has 1 saturated heterocycles. The molecule has 3 aromatic rings. The number of amides is 2. The summed E-state index contributed by atoms with van der Waals surface area (Å²) in [5.74, 6) is 0.728. The fourth-order valence-electron chi connectivity index (χ4n) is 3.74. The predicted molar refractivity (Wildman–Crippen MR) is 108 cm³/mol. The van der Waals surface area contributed by atoms with Crippen LogP contribution in [0.5, 0.6) is 0 Å². The van der Waals surface area contributed by atoms with Crippen LogP contribution in [0.4, 0.5) is 4.79 Å². The number of carbonyl (C=O) groups is 1. The van der Waals surface area contributed by atoms with Gasteiger partial charge in [0.1, 0.15) is 0 Å². The molecular weight excluding hydrogens is 352 g/mol. The lowest BCUT2D eigenvalue weighted by molar-refractivity contribution is 0.0296. The number of pyridine rings is 1. The third-order valence-electron chi connectivity index (χ3n) is 5.36. The first-order valence-corrected chi connectivity index (χ1v) is 9.63. The first-order chi connectivity index (χ1) is 13.5. The Morgan fingerprint density at radius 2 is 1.86 bits per heavy atom. The van der Waals surface area contributed by atoms with Gasteiger partial charge in [0.25, 0.3) is 0 Å². The molecule has 1 aliphatic rings. The van der Waals surface area contributed by atoms with Gasteiger partial charge in [-0.05, 0) is 31.5 Å². The summed E-state index contributed by atoms with van der Waals surface area (Å²) in [4.78, 5) is 17.1. The van der Waals surface area contributed by atoms with Gasteiger partial charge in [0, 0.05) is 37.9 Å². The summed E-state index contributed by atoms with van der Waals surface area (Å²) in [6.07, 6.45) is 1.91. The minimum atomic E-state index is -0.0903. The van der Waals surface area contributed by atoms with Gasteiger partial charge in [-0.15, -0.1) is 10.2 Å². The number of fused-ring (bicyclic) bond motifs is 1. The van der Waals surface area contributed by atoms with E-state index in [1.807, 2.05) is 39.8 Å². The predicted octanol–water partition coefficient (Wildman–Crippen LogP) is 2.54. The Hall–Kier alpha value is -2.93. The zero-order valence-corrected chi connectivity index (χ0v) is 16.4. The van der Waals surface area contributed by atoms with Crippen LogP contribution in [0.25, 0.3) is 5.65 Å². The molecule has 1 aromatic carbocycles. The van der Waals surface area contributed by atoms with Crippen molar-refractivity contribution in [3.8, 4) is 0 Å². The van der Waals surface area contributed by atoms with Crippen molar-refractivity contribution in [1.82, 2.24) is 29.7 Å². The van der Waals surface area contributed by atoms with Gasteiger partial charge in [-0.3, -0.25) is 9.30 Å². The third kappa shape index (κ3) is 3.84. The van der Waals surface area contributed by atoms with Crippen LogP contribution in [-0.2, 0) is 13.1 Å². The molecule has 0 unspecified atom stereocenters. The van der Waals surface area contributed by atoms with E-state index in [2.05, 4.69) is 58.5 Å². The first kappa shape index (κ1) is 18.4. The number of piperazine rings is 1. The maximum atomic E-state index is 12.7. The third-order valence-corrected chi connectivity index (χ3v) is 5.36.